The standard InChI is InChI=1S/C8H16FN/c1-6(2)7(3)10-4-8(9)5-10/h6-8H,4-5H2,1-3H3/t7-/m0/s1. The van der Waals surface area contributed by atoms with Crippen molar-refractivity contribution < 1.29 is 4.39 Å². The van der Waals surface area contributed by atoms with E-state index in [1.807, 2.05) is 0 Å². The van der Waals surface area contributed by atoms with Gasteiger partial charge in [-0.15, -0.1) is 0 Å². The van der Waals surface area contributed by atoms with E-state index in [2.05, 4.69) is 25.7 Å². The molecule has 0 saturated carbocycles. The average molecular weight is 145 g/mol. The van der Waals surface area contributed by atoms with E-state index >= 15 is 0 Å². The van der Waals surface area contributed by atoms with Gasteiger partial charge in [-0.05, 0) is 12.8 Å². The zero-order valence-electron chi connectivity index (χ0n) is 6.97. The molecule has 60 valence electrons. The molecule has 0 amide bonds. The van der Waals surface area contributed by atoms with Gasteiger partial charge in [-0.3, -0.25) is 4.90 Å². The Morgan fingerprint density at radius 1 is 1.30 bits per heavy atom. The number of nitrogens with zero attached hydrogens (tertiary/aromatic N) is 1. The van der Waals surface area contributed by atoms with Crippen molar-refractivity contribution in [2.24, 2.45) is 5.92 Å². The molecule has 2 heteroatoms. The first-order valence-electron chi connectivity index (χ1n) is 3.99. The summed E-state index contributed by atoms with van der Waals surface area (Å²) in [5.41, 5.74) is 0. The number of hydrogen-bond donors (Lipinski definition) is 0. The number of hydrogen-bond acceptors (Lipinski definition) is 1. The van der Waals surface area contributed by atoms with Gasteiger partial charge in [0.05, 0.1) is 0 Å². The van der Waals surface area contributed by atoms with Crippen molar-refractivity contribution in [3.05, 3.63) is 0 Å². The van der Waals surface area contributed by atoms with Crippen LogP contribution in [0.15, 0.2) is 0 Å². The molecule has 0 unspecified atom stereocenters. The van der Waals surface area contributed by atoms with Gasteiger partial charge in [-0.1, -0.05) is 13.8 Å². The van der Waals surface area contributed by atoms with E-state index in [9.17, 15) is 4.39 Å². The fourth-order valence-corrected chi connectivity index (χ4v) is 1.21. The van der Waals surface area contributed by atoms with Gasteiger partial charge in [0.15, 0.2) is 0 Å². The Morgan fingerprint density at radius 2 is 1.80 bits per heavy atom. The zero-order chi connectivity index (χ0) is 7.72. The van der Waals surface area contributed by atoms with E-state index in [1.54, 1.807) is 0 Å². The van der Waals surface area contributed by atoms with E-state index in [1.165, 1.54) is 0 Å². The highest BCUT2D eigenvalue weighted by Crippen LogP contribution is 2.19. The lowest BCUT2D eigenvalue weighted by atomic mass is 10.0. The Bertz CT molecular complexity index is 108. The molecule has 1 aliphatic rings. The molecule has 1 fully saturated rings. The quantitative estimate of drug-likeness (QED) is 0.571. The Morgan fingerprint density at radius 3 is 2.10 bits per heavy atom. The highest BCUT2D eigenvalue weighted by molar-refractivity contribution is 4.84. The fourth-order valence-electron chi connectivity index (χ4n) is 1.21. The fraction of sp³-hybridized carbons (Fsp3) is 1.00. The predicted octanol–water partition coefficient (Wildman–Crippen LogP) is 1.68. The van der Waals surface area contributed by atoms with E-state index in [0.717, 1.165) is 0 Å². The van der Waals surface area contributed by atoms with Gasteiger partial charge in [-0.25, -0.2) is 4.39 Å². The van der Waals surface area contributed by atoms with E-state index < -0.39 is 6.17 Å². The first-order chi connectivity index (χ1) is 4.61. The van der Waals surface area contributed by atoms with E-state index in [-0.39, 0.29) is 0 Å². The van der Waals surface area contributed by atoms with Crippen molar-refractivity contribution in [1.29, 1.82) is 0 Å². The Balaban J connectivity index is 2.24. The molecule has 0 aromatic rings. The summed E-state index contributed by atoms with van der Waals surface area (Å²) in [6, 6.07) is 0.548. The van der Waals surface area contributed by atoms with Gasteiger partial charge in [-0.2, -0.15) is 0 Å². The normalized spacial score (nSPS) is 24.9. The molecule has 0 aliphatic carbocycles. The molecule has 1 saturated heterocycles. The number of halogens is 1. The smallest absolute Gasteiger partial charge is 0.125 e. The number of alkyl halides is 1. The van der Waals surface area contributed by atoms with Gasteiger partial charge in [0.1, 0.15) is 6.17 Å². The van der Waals surface area contributed by atoms with Gasteiger partial charge >= 0.3 is 0 Å². The van der Waals surface area contributed by atoms with Gasteiger partial charge in [0.25, 0.3) is 0 Å². The predicted molar refractivity (Wildman–Crippen MR) is 40.8 cm³/mol. The minimum absolute atomic E-state index is 0.548. The van der Waals surface area contributed by atoms with Crippen molar-refractivity contribution in [3.8, 4) is 0 Å². The van der Waals surface area contributed by atoms with Crippen molar-refractivity contribution in [2.75, 3.05) is 13.1 Å². The molecule has 0 N–H and O–H groups in total. The molecule has 1 nitrogen and oxygen atoms in total. The third-order valence-electron chi connectivity index (χ3n) is 2.41. The van der Waals surface area contributed by atoms with Crippen molar-refractivity contribution in [1.82, 2.24) is 4.90 Å². The molecule has 1 rings (SSSR count). The lowest BCUT2D eigenvalue weighted by Gasteiger charge is -2.40. The monoisotopic (exact) mass is 145 g/mol. The molecule has 0 spiro atoms. The van der Waals surface area contributed by atoms with Crippen molar-refractivity contribution >= 4 is 0 Å². The maximum Gasteiger partial charge on any atom is 0.125 e. The lowest BCUT2D eigenvalue weighted by Crippen LogP contribution is -2.54. The topological polar surface area (TPSA) is 3.24 Å². The number of rotatable bonds is 2. The molecular formula is C8H16FN. The summed E-state index contributed by atoms with van der Waals surface area (Å²) in [6.07, 6.45) is -0.554. The summed E-state index contributed by atoms with van der Waals surface area (Å²) in [5, 5.41) is 0. The van der Waals surface area contributed by atoms with Crippen molar-refractivity contribution in [3.63, 3.8) is 0 Å². The van der Waals surface area contributed by atoms with Crippen LogP contribution in [0.25, 0.3) is 0 Å². The van der Waals surface area contributed by atoms with Crippen LogP contribution in [0.1, 0.15) is 20.8 Å². The molecular weight excluding hydrogens is 129 g/mol. The first-order valence-corrected chi connectivity index (χ1v) is 3.99. The van der Waals surface area contributed by atoms with E-state index in [4.69, 9.17) is 0 Å². The van der Waals surface area contributed by atoms with Crippen LogP contribution in [0.4, 0.5) is 4.39 Å². The van der Waals surface area contributed by atoms with Crippen LogP contribution in [0, 0.1) is 5.92 Å². The molecule has 1 aliphatic heterocycles. The zero-order valence-corrected chi connectivity index (χ0v) is 6.97. The second-order valence-electron chi connectivity index (χ2n) is 3.54. The molecule has 0 aromatic carbocycles. The highest BCUT2D eigenvalue weighted by atomic mass is 19.1. The van der Waals surface area contributed by atoms with Crippen LogP contribution in [-0.2, 0) is 0 Å². The summed E-state index contributed by atoms with van der Waals surface area (Å²) < 4.78 is 12.3. The lowest BCUT2D eigenvalue weighted by molar-refractivity contribution is 0.0179. The summed E-state index contributed by atoms with van der Waals surface area (Å²) in [6.45, 7) is 7.82. The van der Waals surface area contributed by atoms with Gasteiger partial charge in [0.2, 0.25) is 0 Å². The summed E-state index contributed by atoms with van der Waals surface area (Å²) in [4.78, 5) is 2.19. The summed E-state index contributed by atoms with van der Waals surface area (Å²) in [5.74, 6) is 0.646. The summed E-state index contributed by atoms with van der Waals surface area (Å²) >= 11 is 0. The summed E-state index contributed by atoms with van der Waals surface area (Å²) in [7, 11) is 0. The second-order valence-corrected chi connectivity index (χ2v) is 3.54. The molecule has 1 atom stereocenters. The molecule has 0 radical (unpaired) electrons. The van der Waals surface area contributed by atoms with Crippen LogP contribution in [0.3, 0.4) is 0 Å². The van der Waals surface area contributed by atoms with Gasteiger partial charge < -0.3 is 0 Å². The first kappa shape index (κ1) is 7.99. The molecule has 0 aromatic heterocycles. The Kier molecular flexibility index (Phi) is 2.29. The van der Waals surface area contributed by atoms with Crippen molar-refractivity contribution in [2.45, 2.75) is 33.0 Å². The minimum atomic E-state index is -0.554. The highest BCUT2D eigenvalue weighted by Gasteiger charge is 2.30. The molecule has 0 bridgehead atoms. The van der Waals surface area contributed by atoms with E-state index in [0.29, 0.717) is 25.0 Å². The van der Waals surface area contributed by atoms with Crippen LogP contribution in [-0.4, -0.2) is 30.2 Å². The van der Waals surface area contributed by atoms with Crippen LogP contribution in [0.2, 0.25) is 0 Å². The van der Waals surface area contributed by atoms with Crippen LogP contribution < -0.4 is 0 Å². The van der Waals surface area contributed by atoms with Gasteiger partial charge in [0, 0.05) is 19.1 Å². The third kappa shape index (κ3) is 1.48. The van der Waals surface area contributed by atoms with Crippen LogP contribution >= 0.6 is 0 Å². The SMILES string of the molecule is CC(C)[C@H](C)N1CC(F)C1. The average Bonchev–Trinajstić information content (AvgIpc) is 1.79. The third-order valence-corrected chi connectivity index (χ3v) is 2.41. The minimum Gasteiger partial charge on any atom is -0.295 e. The molecule has 10 heavy (non-hydrogen) atoms. The largest absolute Gasteiger partial charge is 0.295 e. The maximum absolute atomic E-state index is 12.3. The maximum atomic E-state index is 12.3. The molecule has 1 heterocycles. The van der Waals surface area contributed by atoms with Crippen LogP contribution in [0.5, 0.6) is 0 Å². The Hall–Kier alpha value is -0.110. The Labute approximate surface area is 62.2 Å². The number of likely N-dealkylation sites (tertiary alicyclic amines) is 1. The second kappa shape index (κ2) is 2.87.